The number of pyridine rings is 1. The number of hydrogen-bond donors (Lipinski definition) is 1. The van der Waals surface area contributed by atoms with Crippen molar-refractivity contribution in [1.82, 2.24) is 24.9 Å². The van der Waals surface area contributed by atoms with Gasteiger partial charge in [-0.3, -0.25) is 4.98 Å². The molecule has 1 aliphatic rings. The Hall–Kier alpha value is -3.60. The quantitative estimate of drug-likeness (QED) is 0.714. The maximum Gasteiger partial charge on any atom is 0.225 e. The molecule has 0 amide bonds. The second-order valence-electron chi connectivity index (χ2n) is 7.03. The Morgan fingerprint density at radius 3 is 2.52 bits per heavy atom. The molecule has 1 N–H and O–H groups in total. The molecule has 8 heteroatoms. The minimum atomic E-state index is -0.507. The number of nitrogens with zero attached hydrogens (tertiary/aromatic N) is 7. The molecular weight excluding hydrogens is 364 g/mol. The second-order valence-corrected chi connectivity index (χ2v) is 7.03. The van der Waals surface area contributed by atoms with Gasteiger partial charge >= 0.3 is 0 Å². The van der Waals surface area contributed by atoms with Crippen LogP contribution in [0.2, 0.25) is 0 Å². The van der Waals surface area contributed by atoms with E-state index in [4.69, 9.17) is 4.98 Å². The molecule has 0 saturated carbocycles. The number of piperidine rings is 1. The first-order valence-corrected chi connectivity index (χ1v) is 9.67. The highest BCUT2D eigenvalue weighted by atomic mass is 15.3. The average molecular weight is 386 g/mol. The fourth-order valence-electron chi connectivity index (χ4n) is 3.48. The molecule has 3 aromatic heterocycles. The molecular formula is C21H22N8. The van der Waals surface area contributed by atoms with Gasteiger partial charge in [-0.05, 0) is 43.5 Å². The second kappa shape index (κ2) is 8.61. The largest absolute Gasteiger partial charge is 0.351 e. The van der Waals surface area contributed by atoms with Crippen LogP contribution in [-0.2, 0) is 0 Å². The van der Waals surface area contributed by atoms with Gasteiger partial charge in [-0.2, -0.15) is 5.26 Å². The fourth-order valence-corrected chi connectivity index (χ4v) is 3.48. The molecule has 4 heterocycles. The van der Waals surface area contributed by atoms with Crippen molar-refractivity contribution < 1.29 is 0 Å². The summed E-state index contributed by atoms with van der Waals surface area (Å²) in [7, 11) is 0. The molecule has 0 spiro atoms. The number of anilines is 2. The summed E-state index contributed by atoms with van der Waals surface area (Å²) in [6.07, 6.45) is 8.84. The third-order valence-electron chi connectivity index (χ3n) is 5.06. The lowest BCUT2D eigenvalue weighted by Crippen LogP contribution is -2.40. The number of rotatable bonds is 5. The van der Waals surface area contributed by atoms with Crippen LogP contribution in [0.1, 0.15) is 35.7 Å². The topological polar surface area (TPSA) is 104 Å². The van der Waals surface area contributed by atoms with Crippen molar-refractivity contribution in [2.24, 2.45) is 0 Å². The van der Waals surface area contributed by atoms with Gasteiger partial charge in [0.25, 0.3) is 0 Å². The molecule has 29 heavy (non-hydrogen) atoms. The third kappa shape index (κ3) is 4.29. The monoisotopic (exact) mass is 386 g/mol. The lowest BCUT2D eigenvalue weighted by molar-refractivity contribution is 0.516. The zero-order valence-electron chi connectivity index (χ0n) is 16.2. The summed E-state index contributed by atoms with van der Waals surface area (Å²) in [6, 6.07) is 10.1. The summed E-state index contributed by atoms with van der Waals surface area (Å²) in [5, 5.41) is 13.1. The van der Waals surface area contributed by atoms with Crippen molar-refractivity contribution in [3.8, 4) is 6.07 Å². The molecule has 3 aromatic rings. The molecule has 1 unspecified atom stereocenters. The van der Waals surface area contributed by atoms with Gasteiger partial charge in [-0.1, -0.05) is 6.07 Å². The Balaban J connectivity index is 1.48. The van der Waals surface area contributed by atoms with Crippen LogP contribution in [0.3, 0.4) is 0 Å². The summed E-state index contributed by atoms with van der Waals surface area (Å²) < 4.78 is 0. The van der Waals surface area contributed by atoms with Crippen molar-refractivity contribution in [3.63, 3.8) is 0 Å². The zero-order chi connectivity index (χ0) is 20.1. The first kappa shape index (κ1) is 18.7. The van der Waals surface area contributed by atoms with Gasteiger partial charge in [-0.15, -0.1) is 0 Å². The summed E-state index contributed by atoms with van der Waals surface area (Å²) >= 11 is 0. The fraction of sp³-hybridized carbons (Fsp3) is 0.333. The van der Waals surface area contributed by atoms with Crippen LogP contribution < -0.4 is 10.2 Å². The summed E-state index contributed by atoms with van der Waals surface area (Å²) in [5.74, 6) is 0.815. The molecule has 1 aliphatic heterocycles. The Morgan fingerprint density at radius 2 is 1.83 bits per heavy atom. The van der Waals surface area contributed by atoms with Gasteiger partial charge in [0.2, 0.25) is 11.9 Å². The van der Waals surface area contributed by atoms with Gasteiger partial charge in [0.05, 0.1) is 17.5 Å². The van der Waals surface area contributed by atoms with Crippen LogP contribution in [0.15, 0.2) is 49.1 Å². The van der Waals surface area contributed by atoms with E-state index in [0.717, 1.165) is 31.5 Å². The van der Waals surface area contributed by atoms with E-state index in [9.17, 15) is 5.26 Å². The van der Waals surface area contributed by atoms with Crippen LogP contribution in [0.25, 0.3) is 0 Å². The highest BCUT2D eigenvalue weighted by molar-refractivity contribution is 5.40. The van der Waals surface area contributed by atoms with Crippen molar-refractivity contribution in [1.29, 1.82) is 5.26 Å². The van der Waals surface area contributed by atoms with E-state index in [-0.39, 0.29) is 0 Å². The molecule has 0 radical (unpaired) electrons. The molecule has 8 nitrogen and oxygen atoms in total. The van der Waals surface area contributed by atoms with Crippen LogP contribution >= 0.6 is 0 Å². The lowest BCUT2D eigenvalue weighted by Gasteiger charge is -2.32. The normalized spacial score (nSPS) is 15.5. The maximum atomic E-state index is 9.75. The first-order chi connectivity index (χ1) is 14.2. The van der Waals surface area contributed by atoms with Gasteiger partial charge in [0, 0.05) is 43.9 Å². The number of nitrogens with one attached hydrogen (secondary N) is 1. The molecule has 0 bridgehead atoms. The Labute approximate surface area is 169 Å². The van der Waals surface area contributed by atoms with Crippen molar-refractivity contribution in [2.45, 2.75) is 31.7 Å². The number of nitriles is 1. The minimum absolute atomic E-state index is 0.318. The molecule has 4 rings (SSSR count). The Kier molecular flexibility index (Phi) is 5.56. The van der Waals surface area contributed by atoms with Crippen LogP contribution in [-0.4, -0.2) is 44.1 Å². The molecule has 0 aromatic carbocycles. The SMILES string of the molecule is Cc1cnc(N2CCC(Nc3ncccn3)CC2)nc1C(C#N)c1ccccn1. The number of aryl methyl sites for hydroxylation is 1. The Bertz CT molecular complexity index is 979. The van der Waals surface area contributed by atoms with Crippen LogP contribution in [0, 0.1) is 18.3 Å². The smallest absolute Gasteiger partial charge is 0.225 e. The number of hydrogen-bond acceptors (Lipinski definition) is 8. The van der Waals surface area contributed by atoms with E-state index >= 15 is 0 Å². The van der Waals surface area contributed by atoms with Crippen molar-refractivity contribution >= 4 is 11.9 Å². The van der Waals surface area contributed by atoms with E-state index in [1.165, 1.54) is 0 Å². The molecule has 1 atom stereocenters. The predicted molar refractivity (Wildman–Crippen MR) is 109 cm³/mol. The van der Waals surface area contributed by atoms with Crippen molar-refractivity contribution in [2.75, 3.05) is 23.3 Å². The summed E-state index contributed by atoms with van der Waals surface area (Å²) in [6.45, 7) is 3.59. The first-order valence-electron chi connectivity index (χ1n) is 9.67. The van der Waals surface area contributed by atoms with E-state index in [0.29, 0.717) is 29.3 Å². The van der Waals surface area contributed by atoms with Gasteiger partial charge in [-0.25, -0.2) is 19.9 Å². The van der Waals surface area contributed by atoms with Gasteiger partial charge < -0.3 is 10.2 Å². The molecule has 1 fully saturated rings. The minimum Gasteiger partial charge on any atom is -0.351 e. The van der Waals surface area contributed by atoms with Crippen LogP contribution in [0.4, 0.5) is 11.9 Å². The number of aromatic nitrogens is 5. The van der Waals surface area contributed by atoms with E-state index in [1.54, 1.807) is 30.9 Å². The lowest BCUT2D eigenvalue weighted by atomic mass is 9.99. The third-order valence-corrected chi connectivity index (χ3v) is 5.06. The van der Waals surface area contributed by atoms with E-state index < -0.39 is 5.92 Å². The maximum absolute atomic E-state index is 9.75. The summed E-state index contributed by atoms with van der Waals surface area (Å²) in [4.78, 5) is 24.3. The van der Waals surface area contributed by atoms with Crippen molar-refractivity contribution in [3.05, 3.63) is 66.0 Å². The standard InChI is InChI=1S/C21H22N8/c1-15-14-26-21(28-19(15)17(13-22)18-5-2-3-8-23-18)29-11-6-16(7-12-29)27-20-24-9-4-10-25-20/h2-5,8-10,14,16-17H,6-7,11-12H2,1H3,(H,24,25,27). The highest BCUT2D eigenvalue weighted by Gasteiger charge is 2.24. The zero-order valence-corrected chi connectivity index (χ0v) is 16.2. The van der Waals surface area contributed by atoms with Gasteiger partial charge in [0.15, 0.2) is 0 Å². The molecule has 146 valence electrons. The molecule has 0 aliphatic carbocycles. The molecule has 1 saturated heterocycles. The highest BCUT2D eigenvalue weighted by Crippen LogP contribution is 2.26. The average Bonchev–Trinajstić information content (AvgIpc) is 2.78. The predicted octanol–water partition coefficient (Wildman–Crippen LogP) is 2.71. The van der Waals surface area contributed by atoms with E-state index in [2.05, 4.69) is 36.2 Å². The van der Waals surface area contributed by atoms with Gasteiger partial charge in [0.1, 0.15) is 5.92 Å². The summed E-state index contributed by atoms with van der Waals surface area (Å²) in [5.41, 5.74) is 2.31. The Morgan fingerprint density at radius 1 is 1.07 bits per heavy atom. The van der Waals surface area contributed by atoms with E-state index in [1.807, 2.05) is 25.1 Å². The van der Waals surface area contributed by atoms with Crippen LogP contribution in [0.5, 0.6) is 0 Å².